The van der Waals surface area contributed by atoms with Crippen LogP contribution in [-0.4, -0.2) is 22.5 Å². The second-order valence-corrected chi connectivity index (χ2v) is 8.90. The maximum atomic E-state index is 14.3. The quantitative estimate of drug-likeness (QED) is 0.215. The molecule has 0 atom stereocenters. The Morgan fingerprint density at radius 1 is 0.889 bits per heavy atom. The fourth-order valence-electron chi connectivity index (χ4n) is 4.45. The van der Waals surface area contributed by atoms with Crippen LogP contribution in [0.25, 0.3) is 22.0 Å². The average Bonchev–Trinajstić information content (AvgIpc) is 3.23. The molecule has 0 bridgehead atoms. The molecule has 36 heavy (non-hydrogen) atoms. The monoisotopic (exact) mass is 493 g/mol. The van der Waals surface area contributed by atoms with Gasteiger partial charge in [-0.05, 0) is 18.1 Å². The van der Waals surface area contributed by atoms with Gasteiger partial charge in [0.15, 0.2) is 11.6 Å². The Hall–Kier alpha value is -3.74. The second kappa shape index (κ2) is 11.8. The molecule has 4 rings (SSSR count). The van der Waals surface area contributed by atoms with Crippen molar-refractivity contribution in [2.24, 2.45) is 0 Å². The molecule has 2 amide bonds. The molecule has 0 saturated carbocycles. The van der Waals surface area contributed by atoms with Crippen LogP contribution in [0.15, 0.2) is 66.7 Å². The van der Waals surface area contributed by atoms with Crippen molar-refractivity contribution in [3.63, 3.8) is 0 Å². The van der Waals surface area contributed by atoms with Gasteiger partial charge in [0, 0.05) is 40.8 Å². The van der Waals surface area contributed by atoms with Crippen molar-refractivity contribution in [1.29, 1.82) is 0 Å². The molecule has 0 fully saturated rings. The normalized spacial score (nSPS) is 11.1. The van der Waals surface area contributed by atoms with E-state index in [1.54, 1.807) is 4.90 Å². The summed E-state index contributed by atoms with van der Waals surface area (Å²) in [5.74, 6) is -3.35. The number of hydrogen-bond acceptors (Lipinski definition) is 1. The van der Waals surface area contributed by atoms with E-state index in [1.807, 2.05) is 54.6 Å². The standard InChI is InChI=1S/C29H30F3N3O/c1-2-3-4-5-11-16-35(29(36)34-28-23(31)17-21(30)18-24(28)32)19-26-27(20-12-7-6-8-13-20)22-14-9-10-15-25(22)33-26/h6-10,12-15,17-18,33H,2-5,11,16,19H2,1H3,(H,34,36). The highest BCUT2D eigenvalue weighted by atomic mass is 19.1. The molecule has 0 aliphatic rings. The van der Waals surface area contributed by atoms with Crippen LogP contribution in [0.1, 0.15) is 44.7 Å². The molecular weight excluding hydrogens is 463 g/mol. The largest absolute Gasteiger partial charge is 0.356 e. The molecule has 0 spiro atoms. The SMILES string of the molecule is CCCCCCCN(Cc1[nH]c2ccccc2c1-c1ccccc1)C(=O)Nc1c(F)cc(F)cc1F. The second-order valence-electron chi connectivity index (χ2n) is 8.90. The number of nitrogens with zero attached hydrogens (tertiary/aromatic N) is 1. The van der Waals surface area contributed by atoms with Crippen LogP contribution in [-0.2, 0) is 6.54 Å². The van der Waals surface area contributed by atoms with E-state index in [4.69, 9.17) is 0 Å². The summed E-state index contributed by atoms with van der Waals surface area (Å²) < 4.78 is 41.9. The number of carbonyl (C=O) groups excluding carboxylic acids is 1. The lowest BCUT2D eigenvalue weighted by molar-refractivity contribution is 0.207. The van der Waals surface area contributed by atoms with Crippen molar-refractivity contribution in [3.8, 4) is 11.1 Å². The van der Waals surface area contributed by atoms with Crippen LogP contribution >= 0.6 is 0 Å². The number of fused-ring (bicyclic) bond motifs is 1. The Kier molecular flexibility index (Phi) is 8.31. The number of rotatable bonds is 10. The van der Waals surface area contributed by atoms with Crippen molar-refractivity contribution < 1.29 is 18.0 Å². The molecular formula is C29H30F3N3O. The van der Waals surface area contributed by atoms with E-state index in [-0.39, 0.29) is 6.54 Å². The van der Waals surface area contributed by atoms with E-state index in [2.05, 4.69) is 17.2 Å². The van der Waals surface area contributed by atoms with Gasteiger partial charge >= 0.3 is 6.03 Å². The number of nitrogens with one attached hydrogen (secondary N) is 2. The molecule has 1 aromatic heterocycles. The van der Waals surface area contributed by atoms with Crippen molar-refractivity contribution in [2.75, 3.05) is 11.9 Å². The van der Waals surface area contributed by atoms with Gasteiger partial charge in [0.25, 0.3) is 0 Å². The first-order chi connectivity index (χ1) is 17.5. The van der Waals surface area contributed by atoms with Gasteiger partial charge in [-0.3, -0.25) is 0 Å². The number of para-hydroxylation sites is 1. The summed E-state index contributed by atoms with van der Waals surface area (Å²) in [5.41, 5.74) is 3.09. The molecule has 0 unspecified atom stereocenters. The fourth-order valence-corrected chi connectivity index (χ4v) is 4.45. The Morgan fingerprint density at radius 3 is 2.28 bits per heavy atom. The lowest BCUT2D eigenvalue weighted by atomic mass is 10.0. The Bertz CT molecular complexity index is 1300. The highest BCUT2D eigenvalue weighted by Crippen LogP contribution is 2.33. The van der Waals surface area contributed by atoms with E-state index in [9.17, 15) is 18.0 Å². The summed E-state index contributed by atoms with van der Waals surface area (Å²) in [6.07, 6.45) is 4.95. The number of aromatic amines is 1. The number of halogens is 3. The van der Waals surface area contributed by atoms with Gasteiger partial charge in [-0.15, -0.1) is 0 Å². The molecule has 0 aliphatic carbocycles. The lowest BCUT2D eigenvalue weighted by Gasteiger charge is -2.24. The van der Waals surface area contributed by atoms with Gasteiger partial charge in [-0.25, -0.2) is 18.0 Å². The first kappa shape index (κ1) is 25.4. The summed E-state index contributed by atoms with van der Waals surface area (Å²) >= 11 is 0. The van der Waals surface area contributed by atoms with E-state index < -0.39 is 29.2 Å². The topological polar surface area (TPSA) is 48.1 Å². The van der Waals surface area contributed by atoms with Crippen LogP contribution in [0.3, 0.4) is 0 Å². The van der Waals surface area contributed by atoms with Gasteiger partial charge in [0.1, 0.15) is 11.5 Å². The number of unbranched alkanes of at least 4 members (excludes halogenated alkanes) is 4. The number of benzene rings is 3. The zero-order chi connectivity index (χ0) is 25.5. The maximum Gasteiger partial charge on any atom is 0.322 e. The van der Waals surface area contributed by atoms with Crippen LogP contribution in [0.2, 0.25) is 0 Å². The predicted octanol–water partition coefficient (Wildman–Crippen LogP) is 8.26. The number of aromatic nitrogens is 1. The molecule has 7 heteroatoms. The predicted molar refractivity (Wildman–Crippen MR) is 138 cm³/mol. The van der Waals surface area contributed by atoms with E-state index in [0.29, 0.717) is 18.7 Å². The number of amides is 2. The minimum Gasteiger partial charge on any atom is -0.356 e. The fraction of sp³-hybridized carbons (Fsp3) is 0.276. The van der Waals surface area contributed by atoms with Gasteiger partial charge < -0.3 is 15.2 Å². The third-order valence-electron chi connectivity index (χ3n) is 6.25. The zero-order valence-electron chi connectivity index (χ0n) is 20.3. The van der Waals surface area contributed by atoms with Crippen molar-refractivity contribution >= 4 is 22.6 Å². The number of hydrogen-bond donors (Lipinski definition) is 2. The Labute approximate surface area is 209 Å². The molecule has 4 nitrogen and oxygen atoms in total. The number of H-pyrrole nitrogens is 1. The van der Waals surface area contributed by atoms with E-state index in [1.165, 1.54) is 0 Å². The third-order valence-corrected chi connectivity index (χ3v) is 6.25. The molecule has 1 heterocycles. The Balaban J connectivity index is 1.65. The molecule has 0 radical (unpaired) electrons. The van der Waals surface area contributed by atoms with Crippen LogP contribution in [0, 0.1) is 17.5 Å². The first-order valence-electron chi connectivity index (χ1n) is 12.3. The van der Waals surface area contributed by atoms with Gasteiger partial charge in [0.05, 0.1) is 6.54 Å². The zero-order valence-corrected chi connectivity index (χ0v) is 20.3. The molecule has 0 aliphatic heterocycles. The summed E-state index contributed by atoms with van der Waals surface area (Å²) in [4.78, 5) is 18.2. The van der Waals surface area contributed by atoms with Gasteiger partial charge in [-0.2, -0.15) is 0 Å². The maximum absolute atomic E-state index is 14.3. The average molecular weight is 494 g/mol. The molecule has 2 N–H and O–H groups in total. The highest BCUT2D eigenvalue weighted by Gasteiger charge is 2.22. The summed E-state index contributed by atoms with van der Waals surface area (Å²) in [7, 11) is 0. The summed E-state index contributed by atoms with van der Waals surface area (Å²) in [5, 5.41) is 3.35. The van der Waals surface area contributed by atoms with Crippen LogP contribution < -0.4 is 5.32 Å². The number of carbonyl (C=O) groups is 1. The number of urea groups is 1. The minimum absolute atomic E-state index is 0.211. The number of anilines is 1. The van der Waals surface area contributed by atoms with Crippen molar-refractivity contribution in [2.45, 2.75) is 45.6 Å². The minimum atomic E-state index is -1.15. The van der Waals surface area contributed by atoms with E-state index >= 15 is 0 Å². The molecule has 3 aromatic carbocycles. The van der Waals surface area contributed by atoms with E-state index in [0.717, 1.165) is 59.8 Å². The first-order valence-corrected chi connectivity index (χ1v) is 12.3. The smallest absolute Gasteiger partial charge is 0.322 e. The molecule has 188 valence electrons. The summed E-state index contributed by atoms with van der Waals surface area (Å²) in [6.45, 7) is 2.75. The van der Waals surface area contributed by atoms with Crippen LogP contribution in [0.4, 0.5) is 23.7 Å². The molecule has 0 saturated heterocycles. The third kappa shape index (κ3) is 5.90. The van der Waals surface area contributed by atoms with Crippen molar-refractivity contribution in [1.82, 2.24) is 9.88 Å². The van der Waals surface area contributed by atoms with Crippen molar-refractivity contribution in [3.05, 3.63) is 89.9 Å². The molecule has 4 aromatic rings. The highest BCUT2D eigenvalue weighted by molar-refractivity contribution is 5.98. The lowest BCUT2D eigenvalue weighted by Crippen LogP contribution is -2.36. The Morgan fingerprint density at radius 2 is 1.56 bits per heavy atom. The summed E-state index contributed by atoms with van der Waals surface area (Å²) in [6, 6.07) is 18.2. The van der Waals surface area contributed by atoms with Gasteiger partial charge in [-0.1, -0.05) is 81.1 Å². The van der Waals surface area contributed by atoms with Crippen LogP contribution in [0.5, 0.6) is 0 Å². The van der Waals surface area contributed by atoms with Gasteiger partial charge in [0.2, 0.25) is 0 Å².